The number of ether oxygens (including phenoxy) is 1. The minimum absolute atomic E-state index is 0.0258. The lowest BCUT2D eigenvalue weighted by Gasteiger charge is -2.34. The summed E-state index contributed by atoms with van der Waals surface area (Å²) in [7, 11) is 1.51. The molecule has 11 nitrogen and oxygen atoms in total. The van der Waals surface area contributed by atoms with Crippen molar-refractivity contribution in [2.45, 2.75) is 19.1 Å². The number of halogens is 5. The zero-order chi connectivity index (χ0) is 33.9. The Morgan fingerprint density at radius 3 is 2.28 bits per heavy atom. The third-order valence-corrected chi connectivity index (χ3v) is 7.38. The van der Waals surface area contributed by atoms with Crippen LogP contribution in [-0.4, -0.2) is 72.1 Å². The van der Waals surface area contributed by atoms with E-state index in [9.17, 15) is 36.3 Å². The Hall–Kier alpha value is -5.54. The van der Waals surface area contributed by atoms with E-state index in [1.165, 1.54) is 38.6 Å². The van der Waals surface area contributed by atoms with Crippen LogP contribution in [0.5, 0.6) is 5.75 Å². The smallest absolute Gasteiger partial charge is 0.416 e. The molecule has 1 fully saturated rings. The summed E-state index contributed by atoms with van der Waals surface area (Å²) in [4.78, 5) is 49.2. The van der Waals surface area contributed by atoms with Gasteiger partial charge in [0.2, 0.25) is 11.9 Å². The van der Waals surface area contributed by atoms with Crippen molar-refractivity contribution in [1.29, 1.82) is 0 Å². The minimum Gasteiger partial charge on any atom is -0.497 e. The van der Waals surface area contributed by atoms with Crippen LogP contribution in [0.15, 0.2) is 65.4 Å². The van der Waals surface area contributed by atoms with Crippen LogP contribution >= 0.6 is 0 Å². The van der Waals surface area contributed by atoms with Gasteiger partial charge in [0.15, 0.2) is 23.2 Å². The van der Waals surface area contributed by atoms with Crippen LogP contribution in [0.2, 0.25) is 0 Å². The largest absolute Gasteiger partial charge is 0.497 e. The zero-order valence-corrected chi connectivity index (χ0v) is 24.9. The molecule has 2 N–H and O–H groups in total. The molecule has 0 radical (unpaired) electrons. The topological polar surface area (TPSA) is 130 Å². The summed E-state index contributed by atoms with van der Waals surface area (Å²) in [5.41, 5.74) is -0.375. The van der Waals surface area contributed by atoms with Crippen molar-refractivity contribution in [2.75, 3.05) is 43.5 Å². The average molecular weight is 659 g/mol. The van der Waals surface area contributed by atoms with Gasteiger partial charge in [0.1, 0.15) is 17.3 Å². The number of alkyl halides is 3. The molecule has 2 aromatic heterocycles. The molecule has 0 bridgehead atoms. The van der Waals surface area contributed by atoms with Gasteiger partial charge in [0.25, 0.3) is 0 Å². The molecule has 4 aromatic rings. The number of ketones is 1. The fraction of sp³-hybridized carbons (Fsp3) is 0.258. The molecule has 3 amide bonds. The standard InChI is InChI=1S/C31H27F5N6O5/c1-17-22-13-19(32)14-23(33)27(22)47-26(17)28(31(34,35)36)40-30(45)39-20-15-37-29(38-16-20)42-11-9-41(10-12-42)25(44)8-7-24(43)18-3-5-21(46-2)6-4-18/h3-8,13-16,28H,9-12H2,1-2H3,(H2,39,40,45)/b8-7+/t28-/m1/s1. The molecule has 1 atom stereocenters. The van der Waals surface area contributed by atoms with E-state index in [-0.39, 0.29) is 34.3 Å². The number of aryl methyl sites for hydroxylation is 1. The van der Waals surface area contributed by atoms with Gasteiger partial charge in [-0.2, -0.15) is 13.2 Å². The Morgan fingerprint density at radius 2 is 1.66 bits per heavy atom. The van der Waals surface area contributed by atoms with Gasteiger partial charge in [-0.05, 0) is 43.3 Å². The van der Waals surface area contributed by atoms with E-state index in [1.54, 1.807) is 39.4 Å². The van der Waals surface area contributed by atoms with Gasteiger partial charge in [-0.25, -0.2) is 23.5 Å². The molecular weight excluding hydrogens is 631 g/mol. The van der Waals surface area contributed by atoms with Crippen molar-refractivity contribution in [3.63, 3.8) is 0 Å². The summed E-state index contributed by atoms with van der Waals surface area (Å²) < 4.78 is 79.8. The number of aromatic nitrogens is 2. The first-order valence-corrected chi connectivity index (χ1v) is 14.1. The SMILES string of the molecule is COc1ccc(C(=O)/C=C/C(=O)N2CCN(c3ncc(NC(=O)N[C@H](c4oc5c(F)cc(F)cc5c4C)C(F)(F)F)cn3)CC2)cc1. The monoisotopic (exact) mass is 658 g/mol. The second-order valence-corrected chi connectivity index (χ2v) is 10.4. The number of rotatable bonds is 8. The summed E-state index contributed by atoms with van der Waals surface area (Å²) in [6, 6.07) is 3.85. The van der Waals surface area contributed by atoms with E-state index >= 15 is 0 Å². The number of fused-ring (bicyclic) bond motifs is 1. The van der Waals surface area contributed by atoms with Crippen molar-refractivity contribution in [2.24, 2.45) is 0 Å². The number of allylic oxidation sites excluding steroid dienone is 1. The van der Waals surface area contributed by atoms with Crippen molar-refractivity contribution in [1.82, 2.24) is 20.2 Å². The predicted molar refractivity (Wildman–Crippen MR) is 159 cm³/mol. The second kappa shape index (κ2) is 13.4. The molecule has 1 aliphatic heterocycles. The number of carbonyl (C=O) groups is 3. The number of nitrogens with one attached hydrogen (secondary N) is 2. The highest BCUT2D eigenvalue weighted by Gasteiger charge is 2.45. The number of piperazine rings is 1. The van der Waals surface area contributed by atoms with Gasteiger partial charge in [0, 0.05) is 54.8 Å². The van der Waals surface area contributed by atoms with Gasteiger partial charge in [0.05, 0.1) is 25.2 Å². The number of carbonyl (C=O) groups excluding carboxylic acids is 3. The quantitative estimate of drug-likeness (QED) is 0.148. The Kier molecular flexibility index (Phi) is 9.39. The first-order valence-electron chi connectivity index (χ1n) is 14.1. The van der Waals surface area contributed by atoms with Crippen molar-refractivity contribution >= 4 is 40.3 Å². The predicted octanol–water partition coefficient (Wildman–Crippen LogP) is 5.33. The highest BCUT2D eigenvalue weighted by atomic mass is 19.4. The molecule has 0 spiro atoms. The Labute approximate surface area is 264 Å². The normalized spacial score (nSPS) is 14.4. The van der Waals surface area contributed by atoms with E-state index in [0.717, 1.165) is 6.07 Å². The Bertz CT molecular complexity index is 1820. The van der Waals surface area contributed by atoms with Gasteiger partial charge < -0.3 is 29.6 Å². The number of anilines is 2. The van der Waals surface area contributed by atoms with Crippen LogP contribution < -0.4 is 20.3 Å². The fourth-order valence-corrected chi connectivity index (χ4v) is 4.91. The molecule has 5 rings (SSSR count). The lowest BCUT2D eigenvalue weighted by Crippen LogP contribution is -2.48. The number of amides is 3. The van der Waals surface area contributed by atoms with Crippen LogP contribution in [0.25, 0.3) is 11.0 Å². The van der Waals surface area contributed by atoms with Crippen LogP contribution in [0.4, 0.5) is 38.4 Å². The minimum atomic E-state index is -5.04. The van der Waals surface area contributed by atoms with Gasteiger partial charge in [-0.1, -0.05) is 0 Å². The van der Waals surface area contributed by atoms with Crippen LogP contribution in [0.1, 0.15) is 27.7 Å². The van der Waals surface area contributed by atoms with Crippen LogP contribution in [0, 0.1) is 18.6 Å². The number of hydrogen-bond donors (Lipinski definition) is 2. The molecule has 16 heteroatoms. The van der Waals surface area contributed by atoms with E-state index in [4.69, 9.17) is 9.15 Å². The second-order valence-electron chi connectivity index (χ2n) is 10.4. The molecule has 246 valence electrons. The molecule has 2 aromatic carbocycles. The number of urea groups is 1. The molecule has 0 saturated carbocycles. The lowest BCUT2D eigenvalue weighted by molar-refractivity contribution is -0.158. The first-order chi connectivity index (χ1) is 22.3. The van der Waals surface area contributed by atoms with Crippen molar-refractivity contribution in [3.8, 4) is 5.75 Å². The van der Waals surface area contributed by atoms with E-state index < -0.39 is 41.2 Å². The first kappa shape index (κ1) is 32.8. The van der Waals surface area contributed by atoms with Gasteiger partial charge in [-0.3, -0.25) is 9.59 Å². The zero-order valence-electron chi connectivity index (χ0n) is 24.9. The van der Waals surface area contributed by atoms with Crippen molar-refractivity contribution < 1.29 is 45.5 Å². The highest BCUT2D eigenvalue weighted by molar-refractivity contribution is 6.07. The molecular formula is C31H27F5N6O5. The number of furan rings is 1. The third-order valence-electron chi connectivity index (χ3n) is 7.38. The Morgan fingerprint density at radius 1 is 1.00 bits per heavy atom. The van der Waals surface area contributed by atoms with E-state index in [1.807, 2.05) is 0 Å². The van der Waals surface area contributed by atoms with Crippen LogP contribution in [-0.2, 0) is 4.79 Å². The summed E-state index contributed by atoms with van der Waals surface area (Å²) in [5, 5.41) is 3.78. The maximum absolute atomic E-state index is 14.1. The molecule has 0 unspecified atom stereocenters. The summed E-state index contributed by atoms with van der Waals surface area (Å²) in [6.07, 6.45) is -0.241. The highest BCUT2D eigenvalue weighted by Crippen LogP contribution is 2.39. The summed E-state index contributed by atoms with van der Waals surface area (Å²) in [5.74, 6) is -2.79. The molecule has 3 heterocycles. The maximum Gasteiger partial charge on any atom is 0.416 e. The number of nitrogens with zero attached hydrogens (tertiary/aromatic N) is 4. The Balaban J connectivity index is 1.16. The van der Waals surface area contributed by atoms with Crippen LogP contribution in [0.3, 0.4) is 0 Å². The number of hydrogen-bond acceptors (Lipinski definition) is 8. The van der Waals surface area contributed by atoms with E-state index in [0.29, 0.717) is 43.6 Å². The molecule has 47 heavy (non-hydrogen) atoms. The lowest BCUT2D eigenvalue weighted by atomic mass is 10.1. The van der Waals surface area contributed by atoms with Crippen molar-refractivity contribution in [3.05, 3.63) is 89.5 Å². The maximum atomic E-state index is 14.1. The van der Waals surface area contributed by atoms with E-state index in [2.05, 4.69) is 15.3 Å². The third kappa shape index (κ3) is 7.48. The number of methoxy groups -OCH3 is 1. The molecule has 0 aliphatic carbocycles. The molecule has 1 saturated heterocycles. The number of benzene rings is 2. The van der Waals surface area contributed by atoms with Gasteiger partial charge >= 0.3 is 12.2 Å². The fourth-order valence-electron chi connectivity index (χ4n) is 4.91. The van der Waals surface area contributed by atoms with Gasteiger partial charge in [-0.15, -0.1) is 0 Å². The summed E-state index contributed by atoms with van der Waals surface area (Å²) in [6.45, 7) is 2.52. The summed E-state index contributed by atoms with van der Waals surface area (Å²) >= 11 is 0. The molecule has 1 aliphatic rings. The average Bonchev–Trinajstić information content (AvgIpc) is 3.37.